The highest BCUT2D eigenvalue weighted by atomic mass is 15.0. The second kappa shape index (κ2) is 3.97. The Bertz CT molecular complexity index is 643. The fourth-order valence-electron chi connectivity index (χ4n) is 1.82. The van der Waals surface area contributed by atoms with Crippen LogP contribution in [-0.2, 0) is 6.42 Å². The van der Waals surface area contributed by atoms with Gasteiger partial charge in [-0.2, -0.15) is 0 Å². The lowest BCUT2D eigenvalue weighted by Crippen LogP contribution is -1.90. The Morgan fingerprint density at radius 3 is 2.94 bits per heavy atom. The van der Waals surface area contributed by atoms with Crippen molar-refractivity contribution in [3.63, 3.8) is 0 Å². The molecule has 0 aliphatic heterocycles. The molecule has 0 fully saturated rings. The summed E-state index contributed by atoms with van der Waals surface area (Å²) in [5.74, 6) is 0.922. The third-order valence-electron chi connectivity index (χ3n) is 2.63. The highest BCUT2D eigenvalue weighted by molar-refractivity contribution is 5.70. The first kappa shape index (κ1) is 9.96. The number of fused-ring (bicyclic) bond motifs is 1. The Kier molecular flexibility index (Phi) is 2.33. The monoisotopic (exact) mass is 224 g/mol. The van der Waals surface area contributed by atoms with E-state index in [2.05, 4.69) is 19.9 Å². The van der Waals surface area contributed by atoms with Crippen LogP contribution >= 0.6 is 0 Å². The Morgan fingerprint density at radius 1 is 1.18 bits per heavy atom. The summed E-state index contributed by atoms with van der Waals surface area (Å²) in [6.45, 7) is 1.97. The molecule has 0 radical (unpaired) electrons. The summed E-state index contributed by atoms with van der Waals surface area (Å²) in [6.07, 6.45) is 4.38. The first-order chi connectivity index (χ1) is 8.31. The van der Waals surface area contributed by atoms with E-state index in [0.717, 1.165) is 34.7 Å². The summed E-state index contributed by atoms with van der Waals surface area (Å²) in [7, 11) is 0. The lowest BCUT2D eigenvalue weighted by Gasteiger charge is -1.95. The number of imidazole rings is 1. The molecule has 0 atom stereocenters. The standard InChI is InChI=1S/C13H12N4/c1-9-4-5-11-13(15-9)17-12(16-11)7-10-3-2-6-14-8-10/h2-6,8H,7H2,1H3,(H,15,16,17). The van der Waals surface area contributed by atoms with Gasteiger partial charge in [0.15, 0.2) is 5.65 Å². The van der Waals surface area contributed by atoms with Gasteiger partial charge in [-0.1, -0.05) is 6.07 Å². The molecule has 0 saturated heterocycles. The van der Waals surface area contributed by atoms with E-state index in [1.54, 1.807) is 6.20 Å². The fourth-order valence-corrected chi connectivity index (χ4v) is 1.82. The van der Waals surface area contributed by atoms with Gasteiger partial charge in [0.2, 0.25) is 0 Å². The van der Waals surface area contributed by atoms with E-state index in [1.807, 2.05) is 37.4 Å². The van der Waals surface area contributed by atoms with Crippen molar-refractivity contribution in [2.75, 3.05) is 0 Å². The molecule has 3 aromatic rings. The van der Waals surface area contributed by atoms with Crippen molar-refractivity contribution in [3.8, 4) is 0 Å². The number of rotatable bonds is 2. The lowest BCUT2D eigenvalue weighted by molar-refractivity contribution is 1.02. The molecule has 0 aromatic carbocycles. The van der Waals surface area contributed by atoms with Gasteiger partial charge in [0.25, 0.3) is 0 Å². The van der Waals surface area contributed by atoms with Gasteiger partial charge in [-0.3, -0.25) is 4.98 Å². The minimum Gasteiger partial charge on any atom is -0.340 e. The van der Waals surface area contributed by atoms with Gasteiger partial charge in [0, 0.05) is 24.5 Å². The molecule has 4 nitrogen and oxygen atoms in total. The minimum absolute atomic E-state index is 0.753. The molecule has 0 saturated carbocycles. The zero-order chi connectivity index (χ0) is 11.7. The molecule has 0 unspecified atom stereocenters. The maximum absolute atomic E-state index is 4.47. The number of nitrogens with zero attached hydrogens (tertiary/aromatic N) is 3. The molecule has 3 heterocycles. The molecule has 0 amide bonds. The summed E-state index contributed by atoms with van der Waals surface area (Å²) in [4.78, 5) is 16.2. The van der Waals surface area contributed by atoms with Gasteiger partial charge in [0.05, 0.1) is 5.52 Å². The number of hydrogen-bond acceptors (Lipinski definition) is 3. The predicted molar refractivity (Wildman–Crippen MR) is 65.7 cm³/mol. The summed E-state index contributed by atoms with van der Waals surface area (Å²) < 4.78 is 0. The summed E-state index contributed by atoms with van der Waals surface area (Å²) in [5, 5.41) is 0. The normalized spacial score (nSPS) is 10.9. The molecule has 0 aliphatic rings. The Balaban J connectivity index is 1.96. The van der Waals surface area contributed by atoms with Crippen LogP contribution in [0.4, 0.5) is 0 Å². The molecule has 4 heteroatoms. The van der Waals surface area contributed by atoms with Gasteiger partial charge in [-0.15, -0.1) is 0 Å². The SMILES string of the molecule is Cc1ccc2[nH]c(Cc3cccnc3)nc2n1. The maximum atomic E-state index is 4.47. The molecule has 0 bridgehead atoms. The number of aromatic amines is 1. The number of aromatic nitrogens is 4. The van der Waals surface area contributed by atoms with Crippen LogP contribution in [0.3, 0.4) is 0 Å². The average Bonchev–Trinajstić information content (AvgIpc) is 2.71. The van der Waals surface area contributed by atoms with Crippen LogP contribution in [0.15, 0.2) is 36.7 Å². The van der Waals surface area contributed by atoms with Gasteiger partial charge >= 0.3 is 0 Å². The number of aryl methyl sites for hydroxylation is 1. The first-order valence-corrected chi connectivity index (χ1v) is 5.52. The highest BCUT2D eigenvalue weighted by Crippen LogP contribution is 2.12. The molecule has 0 aliphatic carbocycles. The van der Waals surface area contributed by atoms with Crippen LogP contribution in [0, 0.1) is 6.92 Å². The van der Waals surface area contributed by atoms with Crippen LogP contribution in [-0.4, -0.2) is 19.9 Å². The molecule has 1 N–H and O–H groups in total. The summed E-state index contributed by atoms with van der Waals surface area (Å²) in [6, 6.07) is 7.96. The van der Waals surface area contributed by atoms with Crippen LogP contribution in [0.2, 0.25) is 0 Å². The van der Waals surface area contributed by atoms with Crippen LogP contribution in [0.25, 0.3) is 11.2 Å². The van der Waals surface area contributed by atoms with Crippen molar-refractivity contribution in [1.29, 1.82) is 0 Å². The zero-order valence-electron chi connectivity index (χ0n) is 9.51. The van der Waals surface area contributed by atoms with Gasteiger partial charge in [-0.25, -0.2) is 9.97 Å². The van der Waals surface area contributed by atoms with E-state index in [4.69, 9.17) is 0 Å². The highest BCUT2D eigenvalue weighted by Gasteiger charge is 2.04. The molecule has 0 spiro atoms. The van der Waals surface area contributed by atoms with Crippen molar-refractivity contribution in [2.24, 2.45) is 0 Å². The smallest absolute Gasteiger partial charge is 0.177 e. The van der Waals surface area contributed by atoms with E-state index in [1.165, 1.54) is 0 Å². The maximum Gasteiger partial charge on any atom is 0.177 e. The lowest BCUT2D eigenvalue weighted by atomic mass is 10.2. The molecular weight excluding hydrogens is 212 g/mol. The molecule has 3 aromatic heterocycles. The van der Waals surface area contributed by atoms with Crippen molar-refractivity contribution in [1.82, 2.24) is 19.9 Å². The third kappa shape index (κ3) is 2.01. The van der Waals surface area contributed by atoms with Crippen molar-refractivity contribution in [3.05, 3.63) is 53.7 Å². The van der Waals surface area contributed by atoms with Crippen molar-refractivity contribution < 1.29 is 0 Å². The van der Waals surface area contributed by atoms with E-state index in [-0.39, 0.29) is 0 Å². The summed E-state index contributed by atoms with van der Waals surface area (Å²) in [5.41, 5.74) is 3.89. The number of pyridine rings is 2. The second-order valence-electron chi connectivity index (χ2n) is 4.05. The van der Waals surface area contributed by atoms with Gasteiger partial charge in [-0.05, 0) is 30.7 Å². The van der Waals surface area contributed by atoms with Gasteiger partial charge < -0.3 is 4.98 Å². The van der Waals surface area contributed by atoms with E-state index < -0.39 is 0 Å². The number of nitrogens with one attached hydrogen (secondary N) is 1. The summed E-state index contributed by atoms with van der Waals surface area (Å²) >= 11 is 0. The van der Waals surface area contributed by atoms with Crippen molar-refractivity contribution in [2.45, 2.75) is 13.3 Å². The molecule has 3 rings (SSSR count). The zero-order valence-corrected chi connectivity index (χ0v) is 9.51. The van der Waals surface area contributed by atoms with Crippen LogP contribution in [0.5, 0.6) is 0 Å². The fraction of sp³-hybridized carbons (Fsp3) is 0.154. The van der Waals surface area contributed by atoms with Crippen molar-refractivity contribution >= 4 is 11.2 Å². The molecule has 17 heavy (non-hydrogen) atoms. The minimum atomic E-state index is 0.753. The third-order valence-corrected chi connectivity index (χ3v) is 2.63. The Hall–Kier alpha value is -2.23. The Morgan fingerprint density at radius 2 is 2.12 bits per heavy atom. The average molecular weight is 224 g/mol. The first-order valence-electron chi connectivity index (χ1n) is 5.52. The largest absolute Gasteiger partial charge is 0.340 e. The topological polar surface area (TPSA) is 54.5 Å². The van der Waals surface area contributed by atoms with E-state index in [9.17, 15) is 0 Å². The van der Waals surface area contributed by atoms with Crippen LogP contribution in [0.1, 0.15) is 17.1 Å². The quantitative estimate of drug-likeness (QED) is 0.726. The molecule has 84 valence electrons. The van der Waals surface area contributed by atoms with Gasteiger partial charge in [0.1, 0.15) is 5.82 Å². The Labute approximate surface area is 98.8 Å². The van der Waals surface area contributed by atoms with E-state index >= 15 is 0 Å². The van der Waals surface area contributed by atoms with E-state index in [0.29, 0.717) is 0 Å². The second-order valence-corrected chi connectivity index (χ2v) is 4.05. The van der Waals surface area contributed by atoms with Crippen LogP contribution < -0.4 is 0 Å². The molecular formula is C13H12N4. The predicted octanol–water partition coefficient (Wildman–Crippen LogP) is 2.25. The number of hydrogen-bond donors (Lipinski definition) is 1. The number of H-pyrrole nitrogens is 1.